The van der Waals surface area contributed by atoms with Crippen molar-refractivity contribution in [3.05, 3.63) is 41.9 Å². The van der Waals surface area contributed by atoms with Gasteiger partial charge >= 0.3 is 0 Å². The summed E-state index contributed by atoms with van der Waals surface area (Å²) >= 11 is 0. The summed E-state index contributed by atoms with van der Waals surface area (Å²) in [7, 11) is 0. The molecule has 2 heterocycles. The molecule has 1 aromatic carbocycles. The average molecular weight is 242 g/mol. The summed E-state index contributed by atoms with van der Waals surface area (Å²) in [5.74, 6) is 1.07. The van der Waals surface area contributed by atoms with Crippen molar-refractivity contribution >= 4 is 11.5 Å². The fourth-order valence-corrected chi connectivity index (χ4v) is 2.11. The zero-order chi connectivity index (χ0) is 12.4. The van der Waals surface area contributed by atoms with E-state index in [0.29, 0.717) is 0 Å². The van der Waals surface area contributed by atoms with Gasteiger partial charge in [0.05, 0.1) is 5.69 Å². The van der Waals surface area contributed by atoms with Crippen molar-refractivity contribution in [2.45, 2.75) is 13.0 Å². The van der Waals surface area contributed by atoms with Crippen molar-refractivity contribution in [2.75, 3.05) is 11.9 Å². The van der Waals surface area contributed by atoms with Gasteiger partial charge in [0.2, 0.25) is 0 Å². The predicted molar refractivity (Wildman–Crippen MR) is 68.8 cm³/mol. The lowest BCUT2D eigenvalue weighted by Crippen LogP contribution is -2.25. The van der Waals surface area contributed by atoms with E-state index in [2.05, 4.69) is 20.6 Å². The first-order chi connectivity index (χ1) is 8.83. The Balaban J connectivity index is 1.93. The molecule has 1 aromatic heterocycles. The van der Waals surface area contributed by atoms with Crippen molar-refractivity contribution < 1.29 is 5.11 Å². The van der Waals surface area contributed by atoms with Crippen LogP contribution in [0.1, 0.15) is 11.3 Å². The molecule has 0 unspecified atom stereocenters. The number of benzene rings is 1. The summed E-state index contributed by atoms with van der Waals surface area (Å²) < 4.78 is 0. The maximum Gasteiger partial charge on any atom is 0.137 e. The first-order valence-electron chi connectivity index (χ1n) is 5.92. The Morgan fingerprint density at radius 3 is 3.11 bits per heavy atom. The Bertz CT molecular complexity index is 571. The Morgan fingerprint density at radius 1 is 1.28 bits per heavy atom. The lowest BCUT2D eigenvalue weighted by atomic mass is 10.1. The van der Waals surface area contributed by atoms with Crippen LogP contribution in [0.25, 0.3) is 0 Å². The van der Waals surface area contributed by atoms with Gasteiger partial charge in [0.25, 0.3) is 0 Å². The lowest BCUT2D eigenvalue weighted by molar-refractivity contribution is 0.475. The molecule has 18 heavy (non-hydrogen) atoms. The van der Waals surface area contributed by atoms with Crippen LogP contribution in [0.2, 0.25) is 0 Å². The van der Waals surface area contributed by atoms with Gasteiger partial charge in [0.1, 0.15) is 17.9 Å². The molecule has 0 bridgehead atoms. The summed E-state index contributed by atoms with van der Waals surface area (Å²) in [5.41, 5.74) is 3.02. The molecule has 3 N–H and O–H groups in total. The van der Waals surface area contributed by atoms with Gasteiger partial charge in [-0.3, -0.25) is 0 Å². The van der Waals surface area contributed by atoms with Gasteiger partial charge in [-0.15, -0.1) is 0 Å². The number of phenols is 1. The van der Waals surface area contributed by atoms with Gasteiger partial charge < -0.3 is 15.7 Å². The number of anilines is 2. The molecule has 0 atom stereocenters. The molecule has 3 rings (SSSR count). The number of phenolic OH excluding ortho intramolecular Hbond substituents is 1. The van der Waals surface area contributed by atoms with Gasteiger partial charge in [-0.2, -0.15) is 0 Å². The van der Waals surface area contributed by atoms with Crippen LogP contribution in [0.3, 0.4) is 0 Å². The molecule has 2 aromatic rings. The van der Waals surface area contributed by atoms with E-state index in [0.717, 1.165) is 42.3 Å². The number of hydrogen-bond donors (Lipinski definition) is 3. The van der Waals surface area contributed by atoms with Crippen molar-refractivity contribution in [3.63, 3.8) is 0 Å². The zero-order valence-corrected chi connectivity index (χ0v) is 9.85. The third-order valence-electron chi connectivity index (χ3n) is 2.99. The number of hydrogen-bond acceptors (Lipinski definition) is 5. The first-order valence-corrected chi connectivity index (χ1v) is 5.92. The van der Waals surface area contributed by atoms with Crippen LogP contribution < -0.4 is 10.6 Å². The van der Waals surface area contributed by atoms with Gasteiger partial charge in [-0.1, -0.05) is 6.07 Å². The number of nitrogens with one attached hydrogen (secondary N) is 2. The quantitative estimate of drug-likeness (QED) is 0.745. The Morgan fingerprint density at radius 2 is 2.22 bits per heavy atom. The van der Waals surface area contributed by atoms with Gasteiger partial charge in [-0.05, 0) is 25.1 Å². The van der Waals surface area contributed by atoms with Crippen LogP contribution in [-0.2, 0) is 13.0 Å². The molecule has 0 saturated carbocycles. The fourth-order valence-electron chi connectivity index (χ4n) is 2.11. The van der Waals surface area contributed by atoms with Gasteiger partial charge in [0.15, 0.2) is 0 Å². The highest BCUT2D eigenvalue weighted by Gasteiger charge is 2.14. The van der Waals surface area contributed by atoms with E-state index in [9.17, 15) is 5.11 Å². The third-order valence-corrected chi connectivity index (χ3v) is 2.99. The van der Waals surface area contributed by atoms with Crippen molar-refractivity contribution in [1.82, 2.24) is 15.3 Å². The third kappa shape index (κ3) is 2.12. The maximum absolute atomic E-state index is 9.45. The maximum atomic E-state index is 9.45. The van der Waals surface area contributed by atoms with Crippen LogP contribution in [0.15, 0.2) is 30.6 Å². The number of nitrogens with zero attached hydrogens (tertiary/aromatic N) is 2. The highest BCUT2D eigenvalue weighted by molar-refractivity contribution is 5.61. The van der Waals surface area contributed by atoms with E-state index in [1.54, 1.807) is 24.5 Å². The molecule has 0 fully saturated rings. The van der Waals surface area contributed by atoms with Crippen molar-refractivity contribution in [3.8, 4) is 5.75 Å². The highest BCUT2D eigenvalue weighted by atomic mass is 16.3. The molecule has 0 radical (unpaired) electrons. The summed E-state index contributed by atoms with van der Waals surface area (Å²) in [5, 5.41) is 16.0. The van der Waals surface area contributed by atoms with Crippen molar-refractivity contribution in [1.29, 1.82) is 0 Å². The molecule has 5 nitrogen and oxygen atoms in total. The lowest BCUT2D eigenvalue weighted by Gasteiger charge is -2.19. The van der Waals surface area contributed by atoms with Crippen molar-refractivity contribution in [2.24, 2.45) is 0 Å². The number of rotatable bonds is 2. The second-order valence-electron chi connectivity index (χ2n) is 4.25. The van der Waals surface area contributed by atoms with Crippen LogP contribution in [0, 0.1) is 0 Å². The largest absolute Gasteiger partial charge is 0.508 e. The van der Waals surface area contributed by atoms with E-state index < -0.39 is 0 Å². The molecular formula is C13H14N4O. The average Bonchev–Trinajstić information content (AvgIpc) is 2.39. The van der Waals surface area contributed by atoms with Gasteiger partial charge in [-0.25, -0.2) is 9.97 Å². The molecule has 0 amide bonds. The normalized spacial score (nSPS) is 14.0. The number of aromatic nitrogens is 2. The number of fused-ring (bicyclic) bond motifs is 1. The first kappa shape index (κ1) is 11.0. The zero-order valence-electron chi connectivity index (χ0n) is 9.85. The van der Waals surface area contributed by atoms with E-state index in [1.165, 1.54) is 0 Å². The minimum atomic E-state index is 0.240. The van der Waals surface area contributed by atoms with E-state index in [1.807, 2.05) is 6.07 Å². The Hall–Kier alpha value is -2.14. The van der Waals surface area contributed by atoms with Crippen LogP contribution >= 0.6 is 0 Å². The predicted octanol–water partition coefficient (Wildman–Crippen LogP) is 1.57. The smallest absolute Gasteiger partial charge is 0.137 e. The van der Waals surface area contributed by atoms with Gasteiger partial charge in [0, 0.05) is 23.9 Å². The molecule has 0 saturated heterocycles. The standard InChI is InChI=1S/C13H14N4O/c18-10-3-1-2-9(6-10)17-13-11-4-5-14-7-12(11)15-8-16-13/h1-3,6,8,14,18H,4-5,7H2,(H,15,16,17). The Kier molecular flexibility index (Phi) is 2.82. The topological polar surface area (TPSA) is 70.1 Å². The molecule has 0 aliphatic carbocycles. The second kappa shape index (κ2) is 4.62. The molecule has 92 valence electrons. The second-order valence-corrected chi connectivity index (χ2v) is 4.25. The summed E-state index contributed by atoms with van der Waals surface area (Å²) in [6.07, 6.45) is 2.48. The minimum absolute atomic E-state index is 0.240. The molecule has 1 aliphatic rings. The highest BCUT2D eigenvalue weighted by Crippen LogP contribution is 2.24. The fraction of sp³-hybridized carbons (Fsp3) is 0.231. The molecule has 1 aliphatic heterocycles. The molecular weight excluding hydrogens is 228 g/mol. The molecule has 0 spiro atoms. The summed E-state index contributed by atoms with van der Waals surface area (Å²) in [4.78, 5) is 8.56. The SMILES string of the molecule is Oc1cccc(Nc2ncnc3c2CCNC3)c1. The van der Waals surface area contributed by atoms with E-state index >= 15 is 0 Å². The van der Waals surface area contributed by atoms with E-state index in [-0.39, 0.29) is 5.75 Å². The summed E-state index contributed by atoms with van der Waals surface area (Å²) in [6.45, 7) is 1.72. The molecule has 5 heteroatoms. The van der Waals surface area contributed by atoms with Crippen LogP contribution in [-0.4, -0.2) is 21.6 Å². The Labute approximate surface area is 105 Å². The number of aromatic hydroxyl groups is 1. The summed E-state index contributed by atoms with van der Waals surface area (Å²) in [6, 6.07) is 7.02. The van der Waals surface area contributed by atoms with Crippen LogP contribution in [0.4, 0.5) is 11.5 Å². The monoisotopic (exact) mass is 242 g/mol. The van der Waals surface area contributed by atoms with E-state index in [4.69, 9.17) is 0 Å². The van der Waals surface area contributed by atoms with Crippen LogP contribution in [0.5, 0.6) is 5.75 Å². The minimum Gasteiger partial charge on any atom is -0.508 e.